The van der Waals surface area contributed by atoms with Crippen LogP contribution in [0.2, 0.25) is 4.34 Å². The van der Waals surface area contributed by atoms with E-state index in [0.717, 1.165) is 31.1 Å². The van der Waals surface area contributed by atoms with Crippen LogP contribution in [-0.2, 0) is 0 Å². The minimum absolute atomic E-state index is 0. The molecule has 1 aliphatic rings. The van der Waals surface area contributed by atoms with Crippen LogP contribution in [0.5, 0.6) is 0 Å². The fourth-order valence-electron chi connectivity index (χ4n) is 2.87. The lowest BCUT2D eigenvalue weighted by molar-refractivity contribution is -0.0328. The number of hydrogen-bond donors (Lipinski definition) is 1. The maximum absolute atomic E-state index is 13.0. The Bertz CT molecular complexity index is 688. The molecule has 0 saturated carbocycles. The summed E-state index contributed by atoms with van der Waals surface area (Å²) in [6.07, 6.45) is 0. The molecular formula is C16H17Cl2F3N2S2. The van der Waals surface area contributed by atoms with Crippen LogP contribution in [0.15, 0.2) is 41.3 Å². The third kappa shape index (κ3) is 5.52. The van der Waals surface area contributed by atoms with Gasteiger partial charge in [0, 0.05) is 36.0 Å². The van der Waals surface area contributed by atoms with Crippen LogP contribution in [0.3, 0.4) is 0 Å². The number of thiophene rings is 1. The minimum atomic E-state index is -4.31. The Kier molecular flexibility index (Phi) is 7.49. The molecule has 1 fully saturated rings. The molecule has 0 radical (unpaired) electrons. The Hall–Kier alpha value is -0.440. The van der Waals surface area contributed by atoms with Crippen molar-refractivity contribution in [1.29, 1.82) is 0 Å². The summed E-state index contributed by atoms with van der Waals surface area (Å²) in [5.74, 6) is 0. The molecule has 1 saturated heterocycles. The van der Waals surface area contributed by atoms with Gasteiger partial charge in [-0.05, 0) is 35.5 Å². The van der Waals surface area contributed by atoms with Gasteiger partial charge < -0.3 is 5.32 Å². The van der Waals surface area contributed by atoms with Crippen LogP contribution in [0.25, 0.3) is 0 Å². The fraction of sp³-hybridized carbons (Fsp3) is 0.375. The van der Waals surface area contributed by atoms with Gasteiger partial charge in [-0.15, -0.1) is 23.7 Å². The van der Waals surface area contributed by atoms with E-state index in [0.29, 0.717) is 9.90 Å². The largest absolute Gasteiger partial charge is 0.446 e. The van der Waals surface area contributed by atoms with Crippen LogP contribution in [0.4, 0.5) is 13.2 Å². The van der Waals surface area contributed by atoms with E-state index in [1.807, 2.05) is 6.07 Å². The van der Waals surface area contributed by atoms with Crippen molar-refractivity contribution in [2.24, 2.45) is 0 Å². The zero-order valence-electron chi connectivity index (χ0n) is 13.1. The Morgan fingerprint density at radius 2 is 1.80 bits per heavy atom. The van der Waals surface area contributed by atoms with E-state index in [-0.39, 0.29) is 35.1 Å². The molecule has 1 atom stereocenters. The number of halogens is 5. The van der Waals surface area contributed by atoms with E-state index in [2.05, 4.69) is 10.2 Å². The lowest BCUT2D eigenvalue weighted by Crippen LogP contribution is -2.45. The van der Waals surface area contributed by atoms with E-state index < -0.39 is 5.51 Å². The van der Waals surface area contributed by atoms with Gasteiger partial charge in [-0.25, -0.2) is 0 Å². The highest BCUT2D eigenvalue weighted by atomic mass is 35.5. The smallest absolute Gasteiger partial charge is 0.314 e. The number of rotatable bonds is 4. The summed E-state index contributed by atoms with van der Waals surface area (Å²) in [7, 11) is 0. The second-order valence-corrected chi connectivity index (χ2v) is 8.27. The van der Waals surface area contributed by atoms with Crippen molar-refractivity contribution in [3.05, 3.63) is 51.2 Å². The average Bonchev–Trinajstić information content (AvgIpc) is 2.95. The standard InChI is InChI=1S/C16H16ClF3N2S2.ClH/c17-14-6-5-13(23-14)15(22-9-7-21-8-10-22)11-3-1-2-4-12(11)24-16(18,19)20;/h1-6,15,21H,7-10H2;1H/t15-;/m1./s1. The molecule has 9 heteroatoms. The summed E-state index contributed by atoms with van der Waals surface area (Å²) >= 11 is 7.45. The monoisotopic (exact) mass is 428 g/mol. The normalized spacial score (nSPS) is 17.1. The number of thioether (sulfide) groups is 1. The molecule has 0 unspecified atom stereocenters. The first-order valence-corrected chi connectivity index (χ1v) is 9.50. The summed E-state index contributed by atoms with van der Waals surface area (Å²) in [5, 5.41) is 3.28. The molecule has 1 aliphatic heterocycles. The molecule has 2 aromatic rings. The highest BCUT2D eigenvalue weighted by molar-refractivity contribution is 8.00. The molecule has 138 valence electrons. The van der Waals surface area contributed by atoms with Crippen LogP contribution >= 0.6 is 47.1 Å². The number of nitrogens with zero attached hydrogens (tertiary/aromatic N) is 1. The van der Waals surface area contributed by atoms with Crippen molar-refractivity contribution in [2.45, 2.75) is 16.4 Å². The molecule has 2 nitrogen and oxygen atoms in total. The number of hydrogen-bond acceptors (Lipinski definition) is 4. The van der Waals surface area contributed by atoms with Crippen LogP contribution in [0, 0.1) is 0 Å². The zero-order valence-corrected chi connectivity index (χ0v) is 16.3. The number of piperazine rings is 1. The van der Waals surface area contributed by atoms with Gasteiger partial charge in [0.05, 0.1) is 10.4 Å². The Labute approximate surface area is 164 Å². The van der Waals surface area contributed by atoms with E-state index in [9.17, 15) is 13.2 Å². The molecule has 1 N–H and O–H groups in total. The Morgan fingerprint density at radius 3 is 2.40 bits per heavy atom. The number of benzene rings is 1. The molecular weight excluding hydrogens is 412 g/mol. The number of nitrogens with one attached hydrogen (secondary N) is 1. The lowest BCUT2D eigenvalue weighted by Gasteiger charge is -2.35. The molecule has 25 heavy (non-hydrogen) atoms. The lowest BCUT2D eigenvalue weighted by atomic mass is 10.0. The molecule has 3 rings (SSSR count). The van der Waals surface area contributed by atoms with Crippen molar-refractivity contribution >= 4 is 47.1 Å². The van der Waals surface area contributed by atoms with Gasteiger partial charge in [-0.2, -0.15) is 13.2 Å². The molecule has 0 aliphatic carbocycles. The second kappa shape index (κ2) is 8.97. The summed E-state index contributed by atoms with van der Waals surface area (Å²) < 4.78 is 39.5. The predicted octanol–water partition coefficient (Wildman–Crippen LogP) is 5.43. The van der Waals surface area contributed by atoms with E-state index in [1.165, 1.54) is 17.4 Å². The Morgan fingerprint density at radius 1 is 1.12 bits per heavy atom. The van der Waals surface area contributed by atoms with Crippen LogP contribution in [-0.4, -0.2) is 36.6 Å². The van der Waals surface area contributed by atoms with Crippen molar-refractivity contribution in [3.8, 4) is 0 Å². The number of alkyl halides is 3. The van der Waals surface area contributed by atoms with E-state index >= 15 is 0 Å². The quantitative estimate of drug-likeness (QED) is 0.653. The molecule has 0 spiro atoms. The van der Waals surface area contributed by atoms with Crippen molar-refractivity contribution < 1.29 is 13.2 Å². The van der Waals surface area contributed by atoms with E-state index in [1.54, 1.807) is 24.3 Å². The fourth-order valence-corrected chi connectivity index (χ4v) is 4.78. The van der Waals surface area contributed by atoms with Gasteiger partial charge in [0.25, 0.3) is 0 Å². The van der Waals surface area contributed by atoms with Gasteiger partial charge >= 0.3 is 5.51 Å². The molecule has 0 amide bonds. The van der Waals surface area contributed by atoms with Gasteiger partial charge in [0.2, 0.25) is 0 Å². The summed E-state index contributed by atoms with van der Waals surface area (Å²) in [6.45, 7) is 3.21. The third-order valence-corrected chi connectivity index (χ3v) is 5.93. The van der Waals surface area contributed by atoms with E-state index in [4.69, 9.17) is 11.6 Å². The maximum atomic E-state index is 13.0. The maximum Gasteiger partial charge on any atom is 0.446 e. The van der Waals surface area contributed by atoms with Gasteiger partial charge in [-0.3, -0.25) is 4.90 Å². The molecule has 1 aromatic heterocycles. The van der Waals surface area contributed by atoms with Crippen LogP contribution in [0.1, 0.15) is 16.5 Å². The molecule has 2 heterocycles. The third-order valence-electron chi connectivity index (χ3n) is 3.82. The molecule has 1 aromatic carbocycles. The van der Waals surface area contributed by atoms with Gasteiger partial charge in [0.15, 0.2) is 0 Å². The van der Waals surface area contributed by atoms with Gasteiger partial charge in [-0.1, -0.05) is 29.8 Å². The minimum Gasteiger partial charge on any atom is -0.314 e. The zero-order chi connectivity index (χ0) is 17.2. The predicted molar refractivity (Wildman–Crippen MR) is 101 cm³/mol. The van der Waals surface area contributed by atoms with Crippen LogP contribution < -0.4 is 5.32 Å². The Balaban J connectivity index is 0.00000225. The second-order valence-electron chi connectivity index (χ2n) is 5.42. The summed E-state index contributed by atoms with van der Waals surface area (Å²) in [4.78, 5) is 3.43. The first-order valence-electron chi connectivity index (χ1n) is 7.49. The molecule has 0 bridgehead atoms. The van der Waals surface area contributed by atoms with Crippen molar-refractivity contribution in [1.82, 2.24) is 10.2 Å². The highest BCUT2D eigenvalue weighted by Crippen LogP contribution is 2.44. The van der Waals surface area contributed by atoms with Gasteiger partial charge in [0.1, 0.15) is 0 Å². The first kappa shape index (κ1) is 20.9. The summed E-state index contributed by atoms with van der Waals surface area (Å²) in [5.41, 5.74) is -3.63. The topological polar surface area (TPSA) is 15.3 Å². The first-order chi connectivity index (χ1) is 11.4. The highest BCUT2D eigenvalue weighted by Gasteiger charge is 2.33. The van der Waals surface area contributed by atoms with Crippen molar-refractivity contribution in [2.75, 3.05) is 26.2 Å². The summed E-state index contributed by atoms with van der Waals surface area (Å²) in [6, 6.07) is 10.3. The van der Waals surface area contributed by atoms with Crippen molar-refractivity contribution in [3.63, 3.8) is 0 Å². The average molecular weight is 429 g/mol. The SMILES string of the molecule is Cl.FC(F)(F)Sc1ccccc1[C@H](c1ccc(Cl)s1)N1CCNCC1.